The molecule has 0 aliphatic rings. The van der Waals surface area contributed by atoms with Crippen molar-refractivity contribution in [2.75, 3.05) is 17.7 Å². The number of carbonyl (C=O) groups excluding carboxylic acids is 3. The average Bonchev–Trinajstić information content (AvgIpc) is 3.03. The summed E-state index contributed by atoms with van der Waals surface area (Å²) < 4.78 is 4.86. The number of benzene rings is 2. The van der Waals surface area contributed by atoms with Crippen molar-refractivity contribution in [3.63, 3.8) is 0 Å². The number of methoxy groups -OCH3 is 1. The first kappa shape index (κ1) is 21.5. The second-order valence-corrected chi connectivity index (χ2v) is 7.99. The summed E-state index contributed by atoms with van der Waals surface area (Å²) in [4.78, 5) is 38.1. The Labute approximate surface area is 182 Å². The Balaban J connectivity index is 1.93. The zero-order valence-corrected chi connectivity index (χ0v) is 18.1. The maximum absolute atomic E-state index is 12.8. The van der Waals surface area contributed by atoms with Crippen LogP contribution in [0.1, 0.15) is 41.5 Å². The van der Waals surface area contributed by atoms with Gasteiger partial charge in [-0.15, -0.1) is 11.3 Å². The first-order valence-electron chi connectivity index (χ1n) is 8.96. The van der Waals surface area contributed by atoms with E-state index in [1.807, 2.05) is 19.1 Å². The van der Waals surface area contributed by atoms with E-state index >= 15 is 0 Å². The lowest BCUT2D eigenvalue weighted by Gasteiger charge is -2.06. The highest BCUT2D eigenvalue weighted by Crippen LogP contribution is 2.34. The minimum atomic E-state index is -0.634. The summed E-state index contributed by atoms with van der Waals surface area (Å²) in [5.41, 5.74) is 2.55. The number of amides is 2. The van der Waals surface area contributed by atoms with Gasteiger partial charge in [0.2, 0.25) is 0 Å². The van der Waals surface area contributed by atoms with Crippen LogP contribution in [-0.4, -0.2) is 24.9 Å². The van der Waals surface area contributed by atoms with Crippen LogP contribution in [0.4, 0.5) is 10.7 Å². The molecule has 0 aliphatic carbocycles. The van der Waals surface area contributed by atoms with E-state index < -0.39 is 11.9 Å². The van der Waals surface area contributed by atoms with Gasteiger partial charge in [0, 0.05) is 16.3 Å². The molecule has 2 N–H and O–H groups in total. The number of carbonyl (C=O) groups is 3. The van der Waals surface area contributed by atoms with Gasteiger partial charge in [0.05, 0.1) is 17.6 Å². The Bertz CT molecular complexity index is 1120. The standard InChI is InChI=1S/C22H19ClN2O4S/c1-12-7-9-14(10-8-12)19(26)25-21-17(22(28)29-3)13(2)18(30-21)20(27)24-16-6-4-5-15(23)11-16/h4-11H,1-3H3,(H,24,27)(H,25,26). The lowest BCUT2D eigenvalue weighted by molar-refractivity contribution is 0.0601. The van der Waals surface area contributed by atoms with Gasteiger partial charge in [0.25, 0.3) is 11.8 Å². The summed E-state index contributed by atoms with van der Waals surface area (Å²) in [6.45, 7) is 3.56. The number of ether oxygens (including phenoxy) is 1. The van der Waals surface area contributed by atoms with Crippen molar-refractivity contribution in [1.29, 1.82) is 0 Å². The number of esters is 1. The van der Waals surface area contributed by atoms with Gasteiger partial charge in [-0.3, -0.25) is 9.59 Å². The van der Waals surface area contributed by atoms with Crippen molar-refractivity contribution in [2.45, 2.75) is 13.8 Å². The molecule has 1 aromatic heterocycles. The lowest BCUT2D eigenvalue weighted by atomic mass is 10.1. The van der Waals surface area contributed by atoms with Crippen LogP contribution >= 0.6 is 22.9 Å². The number of aryl methyl sites for hydroxylation is 1. The number of hydrogen-bond acceptors (Lipinski definition) is 5. The highest BCUT2D eigenvalue weighted by molar-refractivity contribution is 7.19. The van der Waals surface area contributed by atoms with Crippen LogP contribution in [0.25, 0.3) is 0 Å². The molecule has 0 atom stereocenters. The van der Waals surface area contributed by atoms with Gasteiger partial charge in [-0.2, -0.15) is 0 Å². The highest BCUT2D eigenvalue weighted by atomic mass is 35.5. The van der Waals surface area contributed by atoms with E-state index in [9.17, 15) is 14.4 Å². The number of anilines is 2. The predicted octanol–water partition coefficient (Wildman–Crippen LogP) is 5.31. The Morgan fingerprint density at radius 3 is 2.30 bits per heavy atom. The number of thiophene rings is 1. The van der Waals surface area contributed by atoms with E-state index in [1.54, 1.807) is 43.3 Å². The van der Waals surface area contributed by atoms with E-state index in [0.717, 1.165) is 16.9 Å². The summed E-state index contributed by atoms with van der Waals surface area (Å²) in [6.07, 6.45) is 0. The normalized spacial score (nSPS) is 10.4. The fourth-order valence-corrected chi connectivity index (χ4v) is 4.08. The molecule has 0 saturated carbocycles. The average molecular weight is 443 g/mol. The van der Waals surface area contributed by atoms with Crippen molar-refractivity contribution in [2.24, 2.45) is 0 Å². The monoisotopic (exact) mass is 442 g/mol. The first-order valence-corrected chi connectivity index (χ1v) is 10.2. The maximum Gasteiger partial charge on any atom is 0.341 e. The second kappa shape index (κ2) is 9.11. The summed E-state index contributed by atoms with van der Waals surface area (Å²) in [5.74, 6) is -1.44. The third kappa shape index (κ3) is 4.69. The summed E-state index contributed by atoms with van der Waals surface area (Å²) >= 11 is 6.97. The molecule has 2 amide bonds. The molecular weight excluding hydrogens is 424 g/mol. The maximum atomic E-state index is 12.8. The molecule has 3 rings (SSSR count). The van der Waals surface area contributed by atoms with Gasteiger partial charge in [-0.1, -0.05) is 35.4 Å². The molecule has 6 nitrogen and oxygen atoms in total. The number of rotatable bonds is 5. The van der Waals surface area contributed by atoms with Crippen LogP contribution in [0.2, 0.25) is 5.02 Å². The zero-order valence-electron chi connectivity index (χ0n) is 16.5. The van der Waals surface area contributed by atoms with E-state index in [2.05, 4.69) is 10.6 Å². The van der Waals surface area contributed by atoms with Crippen LogP contribution in [0.15, 0.2) is 48.5 Å². The largest absolute Gasteiger partial charge is 0.465 e. The SMILES string of the molecule is COC(=O)c1c(NC(=O)c2ccc(C)cc2)sc(C(=O)Nc2cccc(Cl)c2)c1C. The topological polar surface area (TPSA) is 84.5 Å². The third-order valence-electron chi connectivity index (χ3n) is 4.37. The Morgan fingerprint density at radius 2 is 1.67 bits per heavy atom. The fraction of sp³-hybridized carbons (Fsp3) is 0.136. The minimum Gasteiger partial charge on any atom is -0.465 e. The number of halogens is 1. The molecule has 2 aromatic carbocycles. The minimum absolute atomic E-state index is 0.152. The number of hydrogen-bond donors (Lipinski definition) is 2. The highest BCUT2D eigenvalue weighted by Gasteiger charge is 2.26. The molecule has 30 heavy (non-hydrogen) atoms. The van der Waals surface area contributed by atoms with E-state index in [1.165, 1.54) is 7.11 Å². The summed E-state index contributed by atoms with van der Waals surface area (Å²) in [7, 11) is 1.25. The molecule has 3 aromatic rings. The zero-order chi connectivity index (χ0) is 21.8. The van der Waals surface area contributed by atoms with Crippen LogP contribution < -0.4 is 10.6 Å². The molecule has 0 aliphatic heterocycles. The van der Waals surface area contributed by atoms with Crippen LogP contribution in [0, 0.1) is 13.8 Å². The number of nitrogens with one attached hydrogen (secondary N) is 2. The smallest absolute Gasteiger partial charge is 0.341 e. The first-order chi connectivity index (χ1) is 14.3. The molecule has 0 saturated heterocycles. The van der Waals surface area contributed by atoms with Crippen LogP contribution in [0.5, 0.6) is 0 Å². The summed E-state index contributed by atoms with van der Waals surface area (Å²) in [5, 5.41) is 6.21. The van der Waals surface area contributed by atoms with Gasteiger partial charge in [0.15, 0.2) is 0 Å². The molecule has 154 valence electrons. The molecule has 0 radical (unpaired) electrons. The van der Waals surface area contributed by atoms with E-state index in [4.69, 9.17) is 16.3 Å². The van der Waals surface area contributed by atoms with Crippen molar-refractivity contribution in [3.05, 3.63) is 80.7 Å². The van der Waals surface area contributed by atoms with Crippen molar-refractivity contribution < 1.29 is 19.1 Å². The molecule has 1 heterocycles. The van der Waals surface area contributed by atoms with Gasteiger partial charge in [-0.05, 0) is 49.7 Å². The van der Waals surface area contributed by atoms with Gasteiger partial charge < -0.3 is 15.4 Å². The lowest BCUT2D eigenvalue weighted by Crippen LogP contribution is -2.14. The van der Waals surface area contributed by atoms with Crippen molar-refractivity contribution in [3.8, 4) is 0 Å². The summed E-state index contributed by atoms with van der Waals surface area (Å²) in [6, 6.07) is 13.7. The van der Waals surface area contributed by atoms with Crippen LogP contribution in [0.3, 0.4) is 0 Å². The molecule has 0 bridgehead atoms. The fourth-order valence-electron chi connectivity index (χ4n) is 2.80. The molecule has 8 heteroatoms. The Morgan fingerprint density at radius 1 is 0.967 bits per heavy atom. The van der Waals surface area contributed by atoms with Gasteiger partial charge in [-0.25, -0.2) is 4.79 Å². The van der Waals surface area contributed by atoms with Gasteiger partial charge in [0.1, 0.15) is 5.00 Å². The molecule has 0 spiro atoms. The third-order valence-corrected chi connectivity index (χ3v) is 5.81. The Kier molecular flexibility index (Phi) is 6.54. The molecule has 0 fully saturated rings. The van der Waals surface area contributed by atoms with Gasteiger partial charge >= 0.3 is 5.97 Å². The molecule has 0 unspecified atom stereocenters. The Hall–Kier alpha value is -3.16. The quantitative estimate of drug-likeness (QED) is 0.524. The molecular formula is C22H19ClN2O4S. The van der Waals surface area contributed by atoms with E-state index in [-0.39, 0.29) is 21.3 Å². The predicted molar refractivity (Wildman–Crippen MR) is 119 cm³/mol. The van der Waals surface area contributed by atoms with Crippen molar-refractivity contribution in [1.82, 2.24) is 0 Å². The van der Waals surface area contributed by atoms with E-state index in [0.29, 0.717) is 21.8 Å². The van der Waals surface area contributed by atoms with Crippen LogP contribution in [-0.2, 0) is 4.74 Å². The second-order valence-electron chi connectivity index (χ2n) is 6.54. The van der Waals surface area contributed by atoms with Crippen molar-refractivity contribution >= 4 is 51.4 Å².